The first-order chi connectivity index (χ1) is 6.50. The fourth-order valence-corrected chi connectivity index (χ4v) is 1.43. The minimum atomic E-state index is -0.444. The minimum absolute atomic E-state index is 0. The average molecular weight is 236 g/mol. The van der Waals surface area contributed by atoms with E-state index in [1.165, 1.54) is 6.07 Å². The zero-order valence-corrected chi connectivity index (χ0v) is 9.65. The van der Waals surface area contributed by atoms with Gasteiger partial charge < -0.3 is 5.73 Å². The predicted octanol–water partition coefficient (Wildman–Crippen LogP) is 3.43. The van der Waals surface area contributed by atoms with Gasteiger partial charge in [-0.05, 0) is 30.5 Å². The van der Waals surface area contributed by atoms with Gasteiger partial charge in [0, 0.05) is 11.6 Å². The van der Waals surface area contributed by atoms with E-state index < -0.39 is 17.7 Å². The van der Waals surface area contributed by atoms with Gasteiger partial charge in [0.2, 0.25) is 0 Å². The molecule has 0 heterocycles. The van der Waals surface area contributed by atoms with E-state index in [0.717, 1.165) is 12.1 Å². The summed E-state index contributed by atoms with van der Waals surface area (Å²) in [5.74, 6) is -0.507. The Hall–Kier alpha value is -0.670. The summed E-state index contributed by atoms with van der Waals surface area (Å²) < 4.78 is 26.0. The van der Waals surface area contributed by atoms with Crippen LogP contribution in [-0.4, -0.2) is 0 Å². The highest BCUT2D eigenvalue weighted by molar-refractivity contribution is 5.85. The number of hydrogen-bond acceptors (Lipinski definition) is 1. The van der Waals surface area contributed by atoms with Gasteiger partial charge >= 0.3 is 0 Å². The normalized spacial score (nSPS) is 12.4. The number of nitrogens with two attached hydrogens (primary N) is 1. The molecule has 0 aliphatic heterocycles. The number of halogens is 3. The Balaban J connectivity index is 0.00000196. The van der Waals surface area contributed by atoms with Crippen molar-refractivity contribution >= 4 is 12.4 Å². The summed E-state index contributed by atoms with van der Waals surface area (Å²) >= 11 is 0. The third kappa shape index (κ3) is 4.14. The third-order valence-corrected chi connectivity index (χ3v) is 2.08. The molecule has 0 saturated heterocycles. The van der Waals surface area contributed by atoms with Crippen molar-refractivity contribution in [3.05, 3.63) is 35.4 Å². The highest BCUT2D eigenvalue weighted by Crippen LogP contribution is 2.22. The summed E-state index contributed by atoms with van der Waals surface area (Å²) in [6, 6.07) is 2.96. The number of benzene rings is 1. The molecule has 1 atom stereocenters. The molecule has 0 amide bonds. The van der Waals surface area contributed by atoms with E-state index >= 15 is 0 Å². The molecule has 1 rings (SSSR count). The van der Waals surface area contributed by atoms with Crippen LogP contribution in [0, 0.1) is 17.6 Å². The minimum Gasteiger partial charge on any atom is -0.324 e. The topological polar surface area (TPSA) is 26.0 Å². The van der Waals surface area contributed by atoms with Crippen molar-refractivity contribution in [2.45, 2.75) is 26.3 Å². The van der Waals surface area contributed by atoms with Gasteiger partial charge in [0.15, 0.2) is 0 Å². The largest absolute Gasteiger partial charge is 0.324 e. The van der Waals surface area contributed by atoms with Crippen molar-refractivity contribution < 1.29 is 8.78 Å². The zero-order chi connectivity index (χ0) is 10.7. The lowest BCUT2D eigenvalue weighted by Gasteiger charge is -2.15. The van der Waals surface area contributed by atoms with Crippen LogP contribution < -0.4 is 5.73 Å². The van der Waals surface area contributed by atoms with Gasteiger partial charge in [0.25, 0.3) is 0 Å². The average Bonchev–Trinajstić information content (AvgIpc) is 2.08. The van der Waals surface area contributed by atoms with Gasteiger partial charge in [-0.2, -0.15) is 0 Å². The first-order valence-electron chi connectivity index (χ1n) is 4.71. The molecule has 0 unspecified atom stereocenters. The van der Waals surface area contributed by atoms with Gasteiger partial charge in [-0.25, -0.2) is 8.78 Å². The van der Waals surface area contributed by atoms with Crippen LogP contribution in [-0.2, 0) is 0 Å². The van der Waals surface area contributed by atoms with Crippen molar-refractivity contribution in [3.63, 3.8) is 0 Å². The lowest BCUT2D eigenvalue weighted by Crippen LogP contribution is -2.14. The molecule has 0 fully saturated rings. The molecule has 0 aromatic heterocycles. The Labute approximate surface area is 95.1 Å². The van der Waals surface area contributed by atoms with Crippen molar-refractivity contribution in [2.24, 2.45) is 11.7 Å². The lowest BCUT2D eigenvalue weighted by atomic mass is 9.97. The van der Waals surface area contributed by atoms with Gasteiger partial charge in [-0.1, -0.05) is 13.8 Å². The van der Waals surface area contributed by atoms with Crippen LogP contribution in [0.4, 0.5) is 8.78 Å². The summed E-state index contributed by atoms with van der Waals surface area (Å²) in [6.07, 6.45) is 0.653. The van der Waals surface area contributed by atoms with Crippen LogP contribution in [0.3, 0.4) is 0 Å². The first-order valence-corrected chi connectivity index (χ1v) is 4.71. The Morgan fingerprint density at radius 2 is 1.87 bits per heavy atom. The van der Waals surface area contributed by atoms with Gasteiger partial charge in [0.05, 0.1) is 0 Å². The fourth-order valence-electron chi connectivity index (χ4n) is 1.43. The van der Waals surface area contributed by atoms with Crippen molar-refractivity contribution in [1.29, 1.82) is 0 Å². The maximum Gasteiger partial charge on any atom is 0.128 e. The van der Waals surface area contributed by atoms with Crippen LogP contribution >= 0.6 is 12.4 Å². The standard InChI is InChI=1S/C11H15F2N.ClH/c1-7(2)5-11(14)9-6-8(12)3-4-10(9)13;/h3-4,6-7,11H,5,14H2,1-2H3;1H/t11-;/m1./s1. The maximum absolute atomic E-state index is 13.2. The monoisotopic (exact) mass is 235 g/mol. The van der Waals surface area contributed by atoms with E-state index in [2.05, 4.69) is 0 Å². The highest BCUT2D eigenvalue weighted by Gasteiger charge is 2.13. The van der Waals surface area contributed by atoms with Crippen molar-refractivity contribution in [3.8, 4) is 0 Å². The quantitative estimate of drug-likeness (QED) is 0.854. The Morgan fingerprint density at radius 1 is 1.27 bits per heavy atom. The molecule has 86 valence electrons. The summed E-state index contributed by atoms with van der Waals surface area (Å²) in [7, 11) is 0. The second-order valence-electron chi connectivity index (χ2n) is 3.90. The van der Waals surface area contributed by atoms with E-state index in [4.69, 9.17) is 5.73 Å². The fraction of sp³-hybridized carbons (Fsp3) is 0.455. The smallest absolute Gasteiger partial charge is 0.128 e. The van der Waals surface area contributed by atoms with Crippen LogP contribution in [0.25, 0.3) is 0 Å². The van der Waals surface area contributed by atoms with E-state index in [1.54, 1.807) is 0 Å². The van der Waals surface area contributed by atoms with E-state index in [-0.39, 0.29) is 18.0 Å². The van der Waals surface area contributed by atoms with Gasteiger partial charge in [-0.3, -0.25) is 0 Å². The second kappa shape index (κ2) is 6.03. The molecule has 0 aliphatic carbocycles. The molecule has 1 aromatic rings. The molecule has 2 N–H and O–H groups in total. The van der Waals surface area contributed by atoms with E-state index in [1.807, 2.05) is 13.8 Å². The predicted molar refractivity (Wildman–Crippen MR) is 60.0 cm³/mol. The zero-order valence-electron chi connectivity index (χ0n) is 8.84. The Morgan fingerprint density at radius 3 is 2.40 bits per heavy atom. The SMILES string of the molecule is CC(C)C[C@@H](N)c1cc(F)ccc1F.Cl. The van der Waals surface area contributed by atoms with Crippen molar-refractivity contribution in [1.82, 2.24) is 0 Å². The Kier molecular flexibility index (Phi) is 5.76. The lowest BCUT2D eigenvalue weighted by molar-refractivity contribution is 0.484. The molecule has 0 aliphatic rings. The summed E-state index contributed by atoms with van der Waals surface area (Å²) in [6.45, 7) is 3.99. The number of rotatable bonds is 3. The molecule has 1 nitrogen and oxygen atoms in total. The van der Waals surface area contributed by atoms with E-state index in [0.29, 0.717) is 12.3 Å². The van der Waals surface area contributed by atoms with Crippen LogP contribution in [0.2, 0.25) is 0 Å². The van der Waals surface area contributed by atoms with Crippen molar-refractivity contribution in [2.75, 3.05) is 0 Å². The maximum atomic E-state index is 13.2. The molecule has 1 aromatic carbocycles. The summed E-state index contributed by atoms with van der Waals surface area (Å²) in [5, 5.41) is 0. The summed E-state index contributed by atoms with van der Waals surface area (Å²) in [4.78, 5) is 0. The van der Waals surface area contributed by atoms with E-state index in [9.17, 15) is 8.78 Å². The van der Waals surface area contributed by atoms with Gasteiger partial charge in [0.1, 0.15) is 11.6 Å². The second-order valence-corrected chi connectivity index (χ2v) is 3.90. The molecule has 4 heteroatoms. The van der Waals surface area contributed by atoms with Gasteiger partial charge in [-0.15, -0.1) is 12.4 Å². The highest BCUT2D eigenvalue weighted by atomic mass is 35.5. The molecule has 0 bridgehead atoms. The van der Waals surface area contributed by atoms with Crippen LogP contribution in [0.5, 0.6) is 0 Å². The molecule has 0 saturated carbocycles. The summed E-state index contributed by atoms with van der Waals surface area (Å²) in [5.41, 5.74) is 6.02. The first kappa shape index (κ1) is 14.3. The molecule has 0 radical (unpaired) electrons. The van der Waals surface area contributed by atoms with Crippen LogP contribution in [0.1, 0.15) is 31.9 Å². The molecule has 15 heavy (non-hydrogen) atoms. The Bertz CT molecular complexity index is 315. The molecular weight excluding hydrogens is 220 g/mol. The van der Waals surface area contributed by atoms with Crippen LogP contribution in [0.15, 0.2) is 18.2 Å². The third-order valence-electron chi connectivity index (χ3n) is 2.08. The number of hydrogen-bond donors (Lipinski definition) is 1. The molecular formula is C11H16ClF2N. The molecule has 0 spiro atoms.